The van der Waals surface area contributed by atoms with Gasteiger partial charge in [-0.05, 0) is 63.1 Å². The summed E-state index contributed by atoms with van der Waals surface area (Å²) < 4.78 is 33.2. The Kier molecular flexibility index (Phi) is 7.02. The maximum absolute atomic E-state index is 13.1. The molecule has 7 nitrogen and oxygen atoms in total. The van der Waals surface area contributed by atoms with Gasteiger partial charge in [0.25, 0.3) is 17.0 Å². The maximum atomic E-state index is 13.1. The zero-order chi connectivity index (χ0) is 24.4. The van der Waals surface area contributed by atoms with E-state index >= 15 is 0 Å². The number of carbonyl (C=O) groups is 1. The van der Waals surface area contributed by atoms with Gasteiger partial charge >= 0.3 is 0 Å². The quantitative estimate of drug-likeness (QED) is 0.488. The molecule has 1 aliphatic carbocycles. The predicted molar refractivity (Wildman–Crippen MR) is 130 cm³/mol. The second-order valence-electron chi connectivity index (χ2n) is 9.80. The van der Waals surface area contributed by atoms with E-state index in [1.165, 1.54) is 11.3 Å². The summed E-state index contributed by atoms with van der Waals surface area (Å²) in [7, 11) is 0. The zero-order valence-corrected chi connectivity index (χ0v) is 20.7. The highest BCUT2D eigenvalue weighted by atomic mass is 32.1. The minimum Gasteiger partial charge on any atom is -0.464 e. The summed E-state index contributed by atoms with van der Waals surface area (Å²) in [5.41, 5.74) is 2.53. The van der Waals surface area contributed by atoms with Gasteiger partial charge in [-0.15, -0.1) is 0 Å². The number of thiazole rings is 1. The van der Waals surface area contributed by atoms with Gasteiger partial charge in [0, 0.05) is 43.3 Å². The standard InChI is InChI=1S/C25H31F2N5O2S/c1-25(26,27)16-34-24-30-20-15-31(12-9-22(20)35-24)11-8-17-2-4-18(5-3-17)29-23(33)21-7-6-19-14-28-10-13-32(19)21/h6-7,10,13-14,17-18H,2-5,8-9,11-12,15-16H2,1H3,(H,29,33)/t17-,18-. The Bertz CT molecular complexity index is 1170. The van der Waals surface area contributed by atoms with Crippen LogP contribution in [0.2, 0.25) is 0 Å². The highest BCUT2D eigenvalue weighted by Gasteiger charge is 2.27. The molecule has 3 aromatic rings. The van der Waals surface area contributed by atoms with Crippen LogP contribution in [-0.2, 0) is 13.0 Å². The molecule has 0 atom stereocenters. The predicted octanol–water partition coefficient (Wildman–Crippen LogP) is 4.56. The van der Waals surface area contributed by atoms with Crippen molar-refractivity contribution in [1.82, 2.24) is 24.6 Å². The average molecular weight is 504 g/mol. The molecule has 0 radical (unpaired) electrons. The Morgan fingerprint density at radius 1 is 1.29 bits per heavy atom. The smallest absolute Gasteiger partial charge is 0.278 e. The lowest BCUT2D eigenvalue weighted by atomic mass is 9.84. The Hall–Kier alpha value is -2.59. The van der Waals surface area contributed by atoms with Crippen LogP contribution < -0.4 is 10.1 Å². The number of ether oxygens (including phenoxy) is 1. The molecule has 10 heteroatoms. The molecule has 1 N–H and O–H groups in total. The molecular weight excluding hydrogens is 472 g/mol. The average Bonchev–Trinajstić information content (AvgIpc) is 3.45. The Morgan fingerprint density at radius 2 is 2.11 bits per heavy atom. The van der Waals surface area contributed by atoms with Gasteiger partial charge in [0.2, 0.25) is 0 Å². The number of hydrogen-bond donors (Lipinski definition) is 1. The molecule has 35 heavy (non-hydrogen) atoms. The topological polar surface area (TPSA) is 71.8 Å². The van der Waals surface area contributed by atoms with E-state index in [1.807, 2.05) is 22.7 Å². The number of nitrogens with zero attached hydrogens (tertiary/aromatic N) is 4. The molecule has 0 unspecified atom stereocenters. The van der Waals surface area contributed by atoms with E-state index in [9.17, 15) is 13.6 Å². The van der Waals surface area contributed by atoms with Crippen molar-refractivity contribution in [1.29, 1.82) is 0 Å². The molecule has 0 spiro atoms. The van der Waals surface area contributed by atoms with Gasteiger partial charge < -0.3 is 14.5 Å². The first-order valence-electron chi connectivity index (χ1n) is 12.3. The number of amides is 1. The summed E-state index contributed by atoms with van der Waals surface area (Å²) in [4.78, 5) is 24.9. The summed E-state index contributed by atoms with van der Waals surface area (Å²) in [6, 6.07) is 3.97. The third-order valence-corrected chi connectivity index (χ3v) is 8.03. The highest BCUT2D eigenvalue weighted by molar-refractivity contribution is 7.13. The van der Waals surface area contributed by atoms with Gasteiger partial charge in [-0.25, -0.2) is 13.8 Å². The molecule has 5 rings (SSSR count). The normalized spacial score (nSPS) is 21.1. The molecule has 1 saturated carbocycles. The number of nitrogens with one attached hydrogen (secondary N) is 1. The molecule has 0 saturated heterocycles. The number of carbonyl (C=O) groups excluding carboxylic acids is 1. The molecular formula is C25H31F2N5O2S. The van der Waals surface area contributed by atoms with E-state index in [-0.39, 0.29) is 11.9 Å². The number of halogens is 2. The van der Waals surface area contributed by atoms with Crippen molar-refractivity contribution in [3.63, 3.8) is 0 Å². The fraction of sp³-hybridized carbons (Fsp3) is 0.560. The molecule has 188 valence electrons. The van der Waals surface area contributed by atoms with E-state index < -0.39 is 12.5 Å². The summed E-state index contributed by atoms with van der Waals surface area (Å²) in [6.45, 7) is 2.94. The van der Waals surface area contributed by atoms with Gasteiger partial charge in [0.15, 0.2) is 6.61 Å². The Morgan fingerprint density at radius 3 is 2.91 bits per heavy atom. The fourth-order valence-electron chi connectivity index (χ4n) is 5.04. The van der Waals surface area contributed by atoms with Crippen molar-refractivity contribution in [2.45, 2.75) is 64.0 Å². The third-order valence-electron chi connectivity index (χ3n) is 6.96. The Labute approximate surface area is 207 Å². The third kappa shape index (κ3) is 5.98. The minimum absolute atomic E-state index is 0.0296. The monoisotopic (exact) mass is 503 g/mol. The first-order valence-corrected chi connectivity index (χ1v) is 13.1. The van der Waals surface area contributed by atoms with E-state index in [1.54, 1.807) is 12.4 Å². The SMILES string of the molecule is CC(F)(F)COc1nc2c(s1)CCN(CC[C@H]1CC[C@H](NC(=O)c3ccc4cnccn34)CC1)C2. The second-order valence-corrected chi connectivity index (χ2v) is 10.9. The molecule has 2 aliphatic rings. The van der Waals surface area contributed by atoms with Crippen LogP contribution in [0.1, 0.15) is 60.1 Å². The van der Waals surface area contributed by atoms with Gasteiger partial charge in [-0.2, -0.15) is 0 Å². The number of fused-ring (bicyclic) bond motifs is 2. The lowest BCUT2D eigenvalue weighted by molar-refractivity contribution is -0.0230. The second kappa shape index (κ2) is 10.2. The molecule has 0 aromatic carbocycles. The van der Waals surface area contributed by atoms with Gasteiger partial charge in [0.05, 0.1) is 17.4 Å². The van der Waals surface area contributed by atoms with E-state index in [0.717, 1.165) is 81.2 Å². The Balaban J connectivity index is 1.05. The van der Waals surface area contributed by atoms with Gasteiger partial charge in [-0.1, -0.05) is 11.3 Å². The van der Waals surface area contributed by atoms with Crippen LogP contribution in [0.25, 0.3) is 5.52 Å². The highest BCUT2D eigenvalue weighted by Crippen LogP contribution is 2.32. The maximum Gasteiger partial charge on any atom is 0.278 e. The zero-order valence-electron chi connectivity index (χ0n) is 19.9. The first-order chi connectivity index (χ1) is 16.8. The van der Waals surface area contributed by atoms with Crippen LogP contribution in [-0.4, -0.2) is 56.8 Å². The van der Waals surface area contributed by atoms with Crippen molar-refractivity contribution in [3.05, 3.63) is 47.0 Å². The first kappa shape index (κ1) is 24.1. The lowest BCUT2D eigenvalue weighted by Crippen LogP contribution is -2.38. The summed E-state index contributed by atoms with van der Waals surface area (Å²) in [5.74, 6) is -2.22. The van der Waals surface area contributed by atoms with Gasteiger partial charge in [-0.3, -0.25) is 14.7 Å². The molecule has 1 amide bonds. The van der Waals surface area contributed by atoms with Crippen LogP contribution in [0, 0.1) is 5.92 Å². The van der Waals surface area contributed by atoms with E-state index in [0.29, 0.717) is 16.8 Å². The summed E-state index contributed by atoms with van der Waals surface area (Å²) in [6.07, 6.45) is 11.5. The molecule has 0 bridgehead atoms. The van der Waals surface area contributed by atoms with E-state index in [2.05, 4.69) is 20.2 Å². The number of rotatable bonds is 8. The van der Waals surface area contributed by atoms with Crippen LogP contribution in [0.3, 0.4) is 0 Å². The molecule has 4 heterocycles. The van der Waals surface area contributed by atoms with Crippen molar-refractivity contribution >= 4 is 22.8 Å². The van der Waals surface area contributed by atoms with Gasteiger partial charge in [0.1, 0.15) is 5.69 Å². The van der Waals surface area contributed by atoms with Crippen LogP contribution in [0.15, 0.2) is 30.7 Å². The van der Waals surface area contributed by atoms with E-state index in [4.69, 9.17) is 4.74 Å². The molecule has 1 aliphatic heterocycles. The largest absolute Gasteiger partial charge is 0.464 e. The fourth-order valence-corrected chi connectivity index (χ4v) is 5.94. The van der Waals surface area contributed by atoms with Crippen molar-refractivity contribution in [2.24, 2.45) is 5.92 Å². The van der Waals surface area contributed by atoms with Crippen LogP contribution >= 0.6 is 11.3 Å². The number of hydrogen-bond acceptors (Lipinski definition) is 6. The number of aromatic nitrogens is 3. The summed E-state index contributed by atoms with van der Waals surface area (Å²) >= 11 is 1.40. The lowest BCUT2D eigenvalue weighted by Gasteiger charge is -2.32. The number of alkyl halides is 2. The van der Waals surface area contributed by atoms with Crippen molar-refractivity contribution in [3.8, 4) is 5.19 Å². The van der Waals surface area contributed by atoms with Crippen molar-refractivity contribution in [2.75, 3.05) is 19.7 Å². The minimum atomic E-state index is -2.85. The van der Waals surface area contributed by atoms with Crippen LogP contribution in [0.5, 0.6) is 5.19 Å². The summed E-state index contributed by atoms with van der Waals surface area (Å²) in [5, 5.41) is 3.57. The molecule has 3 aromatic heterocycles. The van der Waals surface area contributed by atoms with Crippen molar-refractivity contribution < 1.29 is 18.3 Å². The molecule has 1 fully saturated rings. The van der Waals surface area contributed by atoms with Crippen LogP contribution in [0.4, 0.5) is 8.78 Å².